The summed E-state index contributed by atoms with van der Waals surface area (Å²) in [4.78, 5) is 108. The molecule has 2 aliphatic heterocycles. The van der Waals surface area contributed by atoms with Gasteiger partial charge in [-0.05, 0) is 51.2 Å². The van der Waals surface area contributed by atoms with E-state index in [-0.39, 0.29) is 56.6 Å². The highest BCUT2D eigenvalue weighted by Gasteiger charge is 2.53. The lowest BCUT2D eigenvalue weighted by molar-refractivity contribution is -0.157. The van der Waals surface area contributed by atoms with Gasteiger partial charge in [0.05, 0.1) is 18.0 Å². The van der Waals surface area contributed by atoms with E-state index in [2.05, 4.69) is 48.9 Å². The zero-order valence-corrected chi connectivity index (χ0v) is 35.5. The van der Waals surface area contributed by atoms with Gasteiger partial charge in [-0.2, -0.15) is 12.6 Å². The number of aromatic nitrogens is 1. The molecular formula is C37H56N14O7S2. The second-order valence-corrected chi connectivity index (χ2v) is 17.5. The van der Waals surface area contributed by atoms with Crippen molar-refractivity contribution in [1.82, 2.24) is 36.1 Å². The molecule has 1 unspecified atom stereocenters. The molecule has 0 aliphatic carbocycles. The average molecular weight is 873 g/mol. The predicted octanol–water partition coefficient (Wildman–Crippen LogP) is -2.92. The Kier molecular flexibility index (Phi) is 16.6. The molecule has 15 N–H and O–H groups in total. The van der Waals surface area contributed by atoms with Crippen LogP contribution in [0, 0.1) is 0 Å². The Morgan fingerprint density at radius 1 is 0.933 bits per heavy atom. The van der Waals surface area contributed by atoms with E-state index < -0.39 is 88.2 Å². The van der Waals surface area contributed by atoms with E-state index in [1.807, 2.05) is 24.3 Å². The smallest absolute Gasteiger partial charge is 0.247 e. The SMILES string of the molecule is CC(=O)N[C@@H](CCCN=C(N)N)C(=O)N[C@@H](Cc1c[nH]c2ccccc12)C(=O)N[C@@H]1CSC2CN(CC(=O)NC(=O)[C@@H](N)CCCN=C(N)N)C(=O)[C@@H](C(C)(C)S)N2C1=O. The van der Waals surface area contributed by atoms with Gasteiger partial charge in [-0.3, -0.25) is 48.9 Å². The van der Waals surface area contributed by atoms with Crippen molar-refractivity contribution in [2.45, 2.75) is 93.2 Å². The molecule has 0 spiro atoms. The van der Waals surface area contributed by atoms with Crippen molar-refractivity contribution < 1.29 is 33.6 Å². The molecule has 60 heavy (non-hydrogen) atoms. The number of carbonyl (C=O) groups is 7. The average Bonchev–Trinajstić information content (AvgIpc) is 3.57. The van der Waals surface area contributed by atoms with Crippen molar-refractivity contribution in [3.63, 3.8) is 0 Å². The first-order chi connectivity index (χ1) is 28.3. The first kappa shape index (κ1) is 47.1. The number of amides is 7. The lowest BCUT2D eigenvalue weighted by Crippen LogP contribution is -2.72. The van der Waals surface area contributed by atoms with Crippen molar-refractivity contribution in [1.29, 1.82) is 0 Å². The zero-order valence-electron chi connectivity index (χ0n) is 33.8. The number of hydrogen-bond donors (Lipinski definition) is 11. The van der Waals surface area contributed by atoms with Crippen LogP contribution in [0.2, 0.25) is 0 Å². The van der Waals surface area contributed by atoms with Crippen LogP contribution in [0.1, 0.15) is 52.0 Å². The number of thiol groups is 1. The van der Waals surface area contributed by atoms with Crippen molar-refractivity contribution >= 4 is 88.6 Å². The summed E-state index contributed by atoms with van der Waals surface area (Å²) < 4.78 is -1.12. The Morgan fingerprint density at radius 2 is 1.58 bits per heavy atom. The third-order valence-electron chi connectivity index (χ3n) is 9.78. The Labute approximate surface area is 357 Å². The Morgan fingerprint density at radius 3 is 2.22 bits per heavy atom. The van der Waals surface area contributed by atoms with Gasteiger partial charge < -0.3 is 59.4 Å². The van der Waals surface area contributed by atoms with E-state index >= 15 is 0 Å². The molecule has 6 atom stereocenters. The summed E-state index contributed by atoms with van der Waals surface area (Å²) in [7, 11) is 0. The molecule has 7 amide bonds. The molecule has 2 aliphatic rings. The lowest BCUT2D eigenvalue weighted by atomic mass is 9.96. The van der Waals surface area contributed by atoms with E-state index in [1.165, 1.54) is 28.5 Å². The number of thioether (sulfide) groups is 1. The number of imide groups is 1. The quantitative estimate of drug-likeness (QED) is 0.0292. The van der Waals surface area contributed by atoms with Gasteiger partial charge in [0.1, 0.15) is 30.7 Å². The van der Waals surface area contributed by atoms with Gasteiger partial charge in [0.25, 0.3) is 0 Å². The minimum atomic E-state index is -1.20. The maximum atomic E-state index is 14.3. The number of hydrogen-bond acceptors (Lipinski definition) is 12. The lowest BCUT2D eigenvalue weighted by Gasteiger charge is -2.52. The third-order valence-corrected chi connectivity index (χ3v) is 11.3. The van der Waals surface area contributed by atoms with Gasteiger partial charge in [0, 0.05) is 54.0 Å². The van der Waals surface area contributed by atoms with Crippen LogP contribution in [0.4, 0.5) is 0 Å². The molecule has 3 heterocycles. The fourth-order valence-corrected chi connectivity index (χ4v) is 8.51. The summed E-state index contributed by atoms with van der Waals surface area (Å²) in [6.07, 6.45) is 2.87. The summed E-state index contributed by atoms with van der Waals surface area (Å²) in [5.74, 6) is -4.49. The van der Waals surface area contributed by atoms with Crippen molar-refractivity contribution in [2.75, 3.05) is 31.9 Å². The zero-order chi connectivity index (χ0) is 44.3. The fraction of sp³-hybridized carbons (Fsp3) is 0.541. The van der Waals surface area contributed by atoms with Crippen LogP contribution in [-0.2, 0) is 40.0 Å². The standard InChI is InChI=1S/C37H56N14O7S2/c1-19(52)46-24(11-7-13-44-36(41)42)31(55)47-25(14-20-15-45-23-10-5-4-8-21(20)23)32(56)48-26-18-60-28-17-50(34(58)29(37(2,3)59)51(28)33(26)57)16-27(53)49-30(54)22(38)9-6-12-43-35(39)40/h4-5,8,10,15,22,24-26,28-29,45,59H,6-7,9,11-14,16-18,38H2,1-3H3,(H,46,52)(H,47,55)(H,48,56)(H4,39,40,43)(H4,41,42,44)(H,49,53,54)/t22-,24-,25-,26+,28?,29-/m0/s1. The van der Waals surface area contributed by atoms with Crippen LogP contribution in [0.5, 0.6) is 0 Å². The van der Waals surface area contributed by atoms with Gasteiger partial charge in [-0.1, -0.05) is 18.2 Å². The van der Waals surface area contributed by atoms with Crippen molar-refractivity contribution in [3.05, 3.63) is 36.0 Å². The van der Waals surface area contributed by atoms with E-state index in [4.69, 9.17) is 28.7 Å². The van der Waals surface area contributed by atoms with Crippen LogP contribution in [0.3, 0.4) is 0 Å². The molecule has 1 aromatic carbocycles. The second kappa shape index (κ2) is 21.1. The molecule has 4 rings (SSSR count). The molecule has 23 heteroatoms. The number of carbonyl (C=O) groups excluding carboxylic acids is 7. The topological polar surface area (TPSA) is 345 Å². The van der Waals surface area contributed by atoms with Crippen molar-refractivity contribution in [3.8, 4) is 0 Å². The van der Waals surface area contributed by atoms with E-state index in [9.17, 15) is 33.6 Å². The molecule has 21 nitrogen and oxygen atoms in total. The first-order valence-corrected chi connectivity index (χ1v) is 20.8. The van der Waals surface area contributed by atoms with E-state index in [0.717, 1.165) is 10.9 Å². The van der Waals surface area contributed by atoms with Crippen LogP contribution in [0.25, 0.3) is 10.9 Å². The molecule has 2 saturated heterocycles. The van der Waals surface area contributed by atoms with Gasteiger partial charge in [0.2, 0.25) is 41.4 Å². The Bertz CT molecular complexity index is 1980. The monoisotopic (exact) mass is 872 g/mol. The van der Waals surface area contributed by atoms with Crippen LogP contribution in [0.15, 0.2) is 40.4 Å². The number of aliphatic imine (C=N–C) groups is 2. The summed E-state index contributed by atoms with van der Waals surface area (Å²) in [5, 5.41) is 10.6. The minimum absolute atomic E-state index is 0.0238. The number of nitrogens with zero attached hydrogens (tertiary/aromatic N) is 4. The maximum Gasteiger partial charge on any atom is 0.247 e. The number of nitrogens with two attached hydrogens (primary N) is 5. The van der Waals surface area contributed by atoms with Gasteiger partial charge >= 0.3 is 0 Å². The molecule has 0 saturated carbocycles. The Balaban J connectivity index is 1.50. The molecule has 1 aromatic heterocycles. The summed E-state index contributed by atoms with van der Waals surface area (Å²) in [6, 6.07) is 1.90. The normalized spacial score (nSPS) is 19.3. The van der Waals surface area contributed by atoms with Crippen LogP contribution < -0.4 is 49.9 Å². The second-order valence-electron chi connectivity index (χ2n) is 15.2. The maximum absolute atomic E-state index is 14.3. The molecular weight excluding hydrogens is 817 g/mol. The summed E-state index contributed by atoms with van der Waals surface area (Å²) in [5.41, 5.74) is 28.9. The number of H-pyrrole nitrogens is 1. The number of aromatic amines is 1. The van der Waals surface area contributed by atoms with E-state index in [0.29, 0.717) is 18.4 Å². The largest absolute Gasteiger partial charge is 0.370 e. The molecule has 0 bridgehead atoms. The van der Waals surface area contributed by atoms with Crippen molar-refractivity contribution in [2.24, 2.45) is 38.7 Å². The number of para-hydroxylation sites is 1. The summed E-state index contributed by atoms with van der Waals surface area (Å²) in [6.45, 7) is 4.51. The summed E-state index contributed by atoms with van der Waals surface area (Å²) >= 11 is 5.97. The predicted molar refractivity (Wildman–Crippen MR) is 231 cm³/mol. The number of piperazine rings is 1. The first-order valence-electron chi connectivity index (χ1n) is 19.3. The Hall–Kier alpha value is -5.55. The number of rotatable bonds is 19. The highest BCUT2D eigenvalue weighted by atomic mass is 32.2. The van der Waals surface area contributed by atoms with Gasteiger partial charge in [0.15, 0.2) is 11.9 Å². The van der Waals surface area contributed by atoms with Crippen LogP contribution in [-0.4, -0.2) is 140 Å². The van der Waals surface area contributed by atoms with E-state index in [1.54, 1.807) is 20.0 Å². The number of guanidine groups is 2. The highest BCUT2D eigenvalue weighted by Crippen LogP contribution is 2.37. The fourth-order valence-electron chi connectivity index (χ4n) is 6.96. The number of nitrogens with one attached hydrogen (secondary N) is 5. The number of benzene rings is 1. The number of fused-ring (bicyclic) bond motifs is 2. The molecule has 328 valence electrons. The van der Waals surface area contributed by atoms with Gasteiger partial charge in [-0.15, -0.1) is 11.8 Å². The molecule has 0 radical (unpaired) electrons. The molecule has 2 fully saturated rings. The van der Waals surface area contributed by atoms with Gasteiger partial charge in [-0.25, -0.2) is 0 Å². The third kappa shape index (κ3) is 13.0. The minimum Gasteiger partial charge on any atom is -0.370 e. The van der Waals surface area contributed by atoms with Crippen LogP contribution >= 0.6 is 24.4 Å². The highest BCUT2D eigenvalue weighted by molar-refractivity contribution is 8.00. The molecule has 2 aromatic rings.